The summed E-state index contributed by atoms with van der Waals surface area (Å²) in [5.41, 5.74) is 0.688. The van der Waals surface area contributed by atoms with Crippen molar-refractivity contribution in [2.75, 3.05) is 11.9 Å². The lowest BCUT2D eigenvalue weighted by atomic mass is 10.1. The number of hydrogen-bond acceptors (Lipinski definition) is 5. The summed E-state index contributed by atoms with van der Waals surface area (Å²) in [6.07, 6.45) is 1.28. The van der Waals surface area contributed by atoms with Gasteiger partial charge in [0.05, 0.1) is 10.0 Å². The van der Waals surface area contributed by atoms with Crippen molar-refractivity contribution in [2.24, 2.45) is 0 Å². The van der Waals surface area contributed by atoms with Crippen LogP contribution in [0.4, 0.5) is 5.13 Å². The quantitative estimate of drug-likeness (QED) is 0.773. The second kappa shape index (κ2) is 7.73. The highest BCUT2D eigenvalue weighted by Crippen LogP contribution is 2.26. The summed E-state index contributed by atoms with van der Waals surface area (Å²) in [6.45, 7) is 1.89. The lowest BCUT2D eigenvalue weighted by molar-refractivity contribution is -0.119. The molecule has 1 unspecified atom stereocenters. The Morgan fingerprint density at radius 3 is 2.69 bits per heavy atom. The third kappa shape index (κ3) is 3.90. The minimum absolute atomic E-state index is 0.168. The molecule has 1 aromatic heterocycles. The molecule has 0 aliphatic carbocycles. The topological polar surface area (TPSA) is 79.4 Å². The van der Waals surface area contributed by atoms with Gasteiger partial charge in [-0.25, -0.2) is 4.98 Å². The van der Waals surface area contributed by atoms with Gasteiger partial charge in [0.1, 0.15) is 11.7 Å². The lowest BCUT2D eigenvalue weighted by Gasteiger charge is -2.23. The van der Waals surface area contributed by atoms with E-state index in [9.17, 15) is 14.4 Å². The second-order valence-electron chi connectivity index (χ2n) is 5.87. The van der Waals surface area contributed by atoms with Gasteiger partial charge in [0.15, 0.2) is 10.9 Å². The molecule has 1 fully saturated rings. The Kier molecular flexibility index (Phi) is 5.60. The second-order valence-corrected chi connectivity index (χ2v) is 7.54. The molecule has 2 amide bonds. The first-order valence-corrected chi connectivity index (χ1v) is 9.53. The van der Waals surface area contributed by atoms with Gasteiger partial charge >= 0.3 is 0 Å². The number of amides is 2. The fourth-order valence-corrected chi connectivity index (χ4v) is 3.81. The summed E-state index contributed by atoms with van der Waals surface area (Å²) in [7, 11) is 0. The highest BCUT2D eigenvalue weighted by molar-refractivity contribution is 7.14. The Morgan fingerprint density at radius 1 is 1.27 bits per heavy atom. The summed E-state index contributed by atoms with van der Waals surface area (Å²) < 4.78 is 0. The van der Waals surface area contributed by atoms with Gasteiger partial charge in [0.2, 0.25) is 5.91 Å². The summed E-state index contributed by atoms with van der Waals surface area (Å²) in [4.78, 5) is 42.3. The minimum Gasteiger partial charge on any atom is -0.327 e. The van der Waals surface area contributed by atoms with Crippen molar-refractivity contribution in [2.45, 2.75) is 25.8 Å². The molecule has 9 heteroatoms. The van der Waals surface area contributed by atoms with Crippen molar-refractivity contribution in [3.63, 3.8) is 0 Å². The molecule has 0 saturated carbocycles. The van der Waals surface area contributed by atoms with Crippen LogP contribution in [0.2, 0.25) is 10.0 Å². The van der Waals surface area contributed by atoms with Gasteiger partial charge in [0, 0.05) is 24.4 Å². The summed E-state index contributed by atoms with van der Waals surface area (Å²) in [5, 5.41) is 5.28. The van der Waals surface area contributed by atoms with E-state index in [2.05, 4.69) is 10.3 Å². The molecule has 0 bridgehead atoms. The number of nitrogens with one attached hydrogen (secondary N) is 1. The molecule has 2 heterocycles. The molecule has 1 aromatic carbocycles. The number of halogens is 2. The number of carbonyl (C=O) groups excluding carboxylic acids is 3. The fourth-order valence-electron chi connectivity index (χ4n) is 2.76. The van der Waals surface area contributed by atoms with E-state index < -0.39 is 6.04 Å². The van der Waals surface area contributed by atoms with Crippen LogP contribution >= 0.6 is 34.5 Å². The highest BCUT2D eigenvalue weighted by Gasteiger charge is 2.35. The van der Waals surface area contributed by atoms with E-state index in [1.54, 1.807) is 17.5 Å². The zero-order valence-electron chi connectivity index (χ0n) is 13.8. The third-order valence-electron chi connectivity index (χ3n) is 4.08. The van der Waals surface area contributed by atoms with Gasteiger partial charge in [-0.1, -0.05) is 23.2 Å². The van der Waals surface area contributed by atoms with Crippen molar-refractivity contribution in [3.05, 3.63) is 44.9 Å². The Balaban J connectivity index is 1.74. The molecule has 0 spiro atoms. The standard InChI is InChI=1S/C17H15Cl2N3O3S/c1-9(23)13-8-26-17(20-13)21-15(24)14-3-2-6-22(14)16(25)10-4-5-11(18)12(19)7-10/h4-5,7-8,14H,2-3,6H2,1H3,(H,20,21,24). The van der Waals surface area contributed by atoms with Crippen molar-refractivity contribution >= 4 is 57.3 Å². The monoisotopic (exact) mass is 411 g/mol. The first kappa shape index (κ1) is 18.8. The number of benzene rings is 1. The van der Waals surface area contributed by atoms with Crippen LogP contribution in [0.15, 0.2) is 23.6 Å². The predicted octanol–water partition coefficient (Wildman–Crippen LogP) is 3.90. The maximum absolute atomic E-state index is 12.8. The Morgan fingerprint density at radius 2 is 2.04 bits per heavy atom. The number of ketones is 1. The normalized spacial score (nSPS) is 16.6. The molecule has 2 aromatic rings. The number of aromatic nitrogens is 1. The fraction of sp³-hybridized carbons (Fsp3) is 0.294. The van der Waals surface area contributed by atoms with E-state index in [4.69, 9.17) is 23.2 Å². The van der Waals surface area contributed by atoms with E-state index >= 15 is 0 Å². The molecular weight excluding hydrogens is 397 g/mol. The largest absolute Gasteiger partial charge is 0.327 e. The molecule has 3 rings (SSSR count). The maximum Gasteiger partial charge on any atom is 0.254 e. The van der Waals surface area contributed by atoms with Crippen molar-refractivity contribution in [3.8, 4) is 0 Å². The van der Waals surface area contributed by atoms with Crippen molar-refractivity contribution in [1.82, 2.24) is 9.88 Å². The average molecular weight is 412 g/mol. The van der Waals surface area contributed by atoms with Crippen LogP contribution in [0.3, 0.4) is 0 Å². The number of Topliss-reactive ketones (excluding diaryl/α,β-unsaturated/α-hetero) is 1. The summed E-state index contributed by atoms with van der Waals surface area (Å²) >= 11 is 13.0. The first-order chi connectivity index (χ1) is 12.4. The molecular formula is C17H15Cl2N3O3S. The number of anilines is 1. The number of carbonyl (C=O) groups is 3. The molecule has 6 nitrogen and oxygen atoms in total. The lowest BCUT2D eigenvalue weighted by Crippen LogP contribution is -2.43. The van der Waals surface area contributed by atoms with Crippen molar-refractivity contribution in [1.29, 1.82) is 0 Å². The SMILES string of the molecule is CC(=O)c1csc(NC(=O)C2CCCN2C(=O)c2ccc(Cl)c(Cl)c2)n1. The van der Waals surface area contributed by atoms with E-state index in [-0.39, 0.29) is 22.6 Å². The molecule has 1 saturated heterocycles. The van der Waals surface area contributed by atoms with Gasteiger partial charge in [0.25, 0.3) is 5.91 Å². The first-order valence-electron chi connectivity index (χ1n) is 7.90. The molecule has 136 valence electrons. The summed E-state index contributed by atoms with van der Waals surface area (Å²) in [6, 6.07) is 4.05. The van der Waals surface area contributed by atoms with Gasteiger partial charge in [-0.05, 0) is 31.0 Å². The number of hydrogen-bond donors (Lipinski definition) is 1. The van der Waals surface area contributed by atoms with Crippen LogP contribution in [0.25, 0.3) is 0 Å². The molecule has 0 radical (unpaired) electrons. The molecule has 1 aliphatic heterocycles. The van der Waals surface area contributed by atoms with Crippen LogP contribution in [-0.4, -0.2) is 40.1 Å². The van der Waals surface area contributed by atoms with E-state index in [0.29, 0.717) is 34.4 Å². The van der Waals surface area contributed by atoms with Crippen LogP contribution < -0.4 is 5.32 Å². The minimum atomic E-state index is -0.596. The van der Waals surface area contributed by atoms with Crippen LogP contribution in [0, 0.1) is 0 Å². The van der Waals surface area contributed by atoms with Gasteiger partial charge in [-0.2, -0.15) is 0 Å². The molecule has 1 N–H and O–H groups in total. The third-order valence-corrected chi connectivity index (χ3v) is 5.57. The molecule has 1 atom stereocenters. The molecule has 1 aliphatic rings. The number of likely N-dealkylation sites (tertiary alicyclic amines) is 1. The van der Waals surface area contributed by atoms with E-state index in [1.165, 1.54) is 29.2 Å². The average Bonchev–Trinajstić information content (AvgIpc) is 3.25. The van der Waals surface area contributed by atoms with Gasteiger partial charge in [-0.15, -0.1) is 11.3 Å². The highest BCUT2D eigenvalue weighted by atomic mass is 35.5. The van der Waals surface area contributed by atoms with E-state index in [0.717, 1.165) is 6.42 Å². The van der Waals surface area contributed by atoms with Crippen LogP contribution in [0.5, 0.6) is 0 Å². The maximum atomic E-state index is 12.8. The number of thiazole rings is 1. The zero-order valence-corrected chi connectivity index (χ0v) is 16.1. The zero-order chi connectivity index (χ0) is 18.8. The number of nitrogens with zero attached hydrogens (tertiary/aromatic N) is 2. The Labute approximate surface area is 164 Å². The van der Waals surface area contributed by atoms with Gasteiger partial charge < -0.3 is 10.2 Å². The van der Waals surface area contributed by atoms with Crippen LogP contribution in [0.1, 0.15) is 40.6 Å². The van der Waals surface area contributed by atoms with Crippen LogP contribution in [-0.2, 0) is 4.79 Å². The summed E-state index contributed by atoms with van der Waals surface area (Å²) in [5.74, 6) is -0.760. The van der Waals surface area contributed by atoms with Gasteiger partial charge in [-0.3, -0.25) is 14.4 Å². The number of rotatable bonds is 4. The smallest absolute Gasteiger partial charge is 0.254 e. The predicted molar refractivity (Wildman–Crippen MR) is 101 cm³/mol. The molecule has 26 heavy (non-hydrogen) atoms. The Hall–Kier alpha value is -1.96. The van der Waals surface area contributed by atoms with E-state index in [1.807, 2.05) is 0 Å². The Bertz CT molecular complexity index is 884. The van der Waals surface area contributed by atoms with Crippen molar-refractivity contribution < 1.29 is 14.4 Å².